The van der Waals surface area contributed by atoms with Crippen LogP contribution in [0.5, 0.6) is 0 Å². The van der Waals surface area contributed by atoms with Gasteiger partial charge in [-0.15, -0.1) is 0 Å². The van der Waals surface area contributed by atoms with E-state index in [0.29, 0.717) is 21.7 Å². The van der Waals surface area contributed by atoms with Crippen LogP contribution in [-0.4, -0.2) is 86.5 Å². The second-order valence-electron chi connectivity index (χ2n) is 13.7. The Labute approximate surface area is 288 Å². The van der Waals surface area contributed by atoms with Crippen LogP contribution in [0.3, 0.4) is 0 Å². The van der Waals surface area contributed by atoms with E-state index in [1.54, 1.807) is 12.3 Å². The molecule has 3 aliphatic rings. The van der Waals surface area contributed by atoms with E-state index in [-0.39, 0.29) is 57.6 Å². The van der Waals surface area contributed by atoms with Crippen LogP contribution in [0.25, 0.3) is 21.8 Å². The highest BCUT2D eigenvalue weighted by Crippen LogP contribution is 2.51. The van der Waals surface area contributed by atoms with Crippen molar-refractivity contribution in [3.63, 3.8) is 0 Å². The summed E-state index contributed by atoms with van der Waals surface area (Å²) in [4.78, 5) is 18.6. The van der Waals surface area contributed by atoms with Crippen LogP contribution in [0.1, 0.15) is 32.3 Å². The number of sulfone groups is 1. The number of hydrogen-bond acceptors (Lipinski definition) is 11. The Balaban J connectivity index is 1.25. The summed E-state index contributed by atoms with van der Waals surface area (Å²) in [6, 6.07) is 10.2. The van der Waals surface area contributed by atoms with Crippen molar-refractivity contribution in [3.8, 4) is 21.8 Å². The quantitative estimate of drug-likeness (QED) is 0.250. The molecule has 1 spiro atoms. The molecule has 0 unspecified atom stereocenters. The van der Waals surface area contributed by atoms with E-state index < -0.39 is 36.4 Å². The van der Waals surface area contributed by atoms with E-state index in [1.165, 1.54) is 48.6 Å². The largest absolute Gasteiger partial charge is 0.351 e. The number of nitrogens with zero attached hydrogens (tertiary/aromatic N) is 5. The maximum atomic E-state index is 16.5. The van der Waals surface area contributed by atoms with Gasteiger partial charge in [0.1, 0.15) is 10.7 Å². The summed E-state index contributed by atoms with van der Waals surface area (Å²) >= 11 is 1.37. The molecule has 2 aromatic carbocycles. The maximum absolute atomic E-state index is 16.5. The third-order valence-electron chi connectivity index (χ3n) is 9.50. The van der Waals surface area contributed by atoms with E-state index in [9.17, 15) is 21.2 Å². The highest BCUT2D eigenvalue weighted by atomic mass is 32.2. The number of likely N-dealkylation sites (N-methyl/N-ethyl adjacent to an activating group) is 1. The highest BCUT2D eigenvalue weighted by Gasteiger charge is 2.56. The fourth-order valence-corrected chi connectivity index (χ4v) is 12.5. The van der Waals surface area contributed by atoms with Crippen molar-refractivity contribution in [3.05, 3.63) is 65.9 Å². The van der Waals surface area contributed by atoms with Crippen LogP contribution in [0, 0.1) is 24.0 Å². The number of thiazole rings is 1. The summed E-state index contributed by atoms with van der Waals surface area (Å²) in [6.45, 7) is 7.31. The molecule has 7 rings (SSSR count). The molecule has 2 aromatic heterocycles. The van der Waals surface area contributed by atoms with Crippen molar-refractivity contribution in [2.24, 2.45) is 5.41 Å². The number of halogens is 2. The third kappa shape index (κ3) is 6.39. The molecule has 2 N–H and O–H groups in total. The minimum absolute atomic E-state index is 0.0366. The van der Waals surface area contributed by atoms with Gasteiger partial charge in [-0.3, -0.25) is 4.72 Å². The zero-order chi connectivity index (χ0) is 34.9. The Morgan fingerprint density at radius 1 is 1.00 bits per heavy atom. The number of piperazine rings is 1. The minimum atomic E-state index is -4.47. The lowest BCUT2D eigenvalue weighted by molar-refractivity contribution is 0.153. The van der Waals surface area contributed by atoms with Crippen LogP contribution in [0.4, 0.5) is 25.5 Å². The van der Waals surface area contributed by atoms with Crippen molar-refractivity contribution < 1.29 is 25.6 Å². The Morgan fingerprint density at radius 3 is 2.37 bits per heavy atom. The Bertz CT molecular complexity index is 2110. The fraction of sp³-hybridized carbons (Fsp3) is 0.424. The second kappa shape index (κ2) is 12.2. The van der Waals surface area contributed by atoms with Crippen molar-refractivity contribution in [2.45, 2.75) is 56.6 Å². The van der Waals surface area contributed by atoms with Crippen molar-refractivity contribution in [1.29, 1.82) is 0 Å². The van der Waals surface area contributed by atoms with Gasteiger partial charge in [-0.25, -0.2) is 40.6 Å². The highest BCUT2D eigenvalue weighted by molar-refractivity contribution is 7.93. The van der Waals surface area contributed by atoms with Crippen LogP contribution in [-0.2, 0) is 19.9 Å². The zero-order valence-corrected chi connectivity index (χ0v) is 29.9. The number of rotatable bonds is 8. The molecule has 16 heteroatoms. The van der Waals surface area contributed by atoms with Gasteiger partial charge in [0.25, 0.3) is 10.0 Å². The molecule has 2 atom stereocenters. The predicted octanol–water partition coefficient (Wildman–Crippen LogP) is 5.17. The van der Waals surface area contributed by atoms with Gasteiger partial charge in [0, 0.05) is 48.4 Å². The SMILES string of the molecule is Cc1cccc(F)c1S(=O)(=O)Nc1cccc(-c2nc(N3[C@@H](C)CN(C)C[C@@H]3C)sc2-c2ccnc(NC3CC4(C3)CS(=O)(=O)C4)n2)c1F. The van der Waals surface area contributed by atoms with Crippen LogP contribution < -0.4 is 14.9 Å². The van der Waals surface area contributed by atoms with E-state index in [2.05, 4.69) is 45.7 Å². The summed E-state index contributed by atoms with van der Waals surface area (Å²) in [5.74, 6) is -0.996. The smallest absolute Gasteiger partial charge is 0.265 e. The molecule has 1 saturated carbocycles. The Morgan fingerprint density at radius 2 is 1.69 bits per heavy atom. The first-order chi connectivity index (χ1) is 23.1. The summed E-state index contributed by atoms with van der Waals surface area (Å²) < 4.78 is 83.5. The molecule has 2 saturated heterocycles. The molecule has 1 aliphatic carbocycles. The van der Waals surface area contributed by atoms with Gasteiger partial charge in [-0.2, -0.15) is 0 Å². The standard InChI is InChI=1S/C33H37F2N7O4S3/c1-19-7-5-9-24(34)30(19)49(45,46)40-25-10-6-8-23(27(25)35)28-29(47-32(39-28)42-20(2)15-41(4)16-21(42)3)26-11-12-36-31(38-26)37-22-13-33(14-22)17-48(43,44)18-33/h5-12,20-22,40H,13-18H2,1-4H3,(H,36,37,38)/t20-,21-/m0/s1. The molecule has 260 valence electrons. The molecule has 11 nitrogen and oxygen atoms in total. The van der Waals surface area contributed by atoms with Crippen LogP contribution >= 0.6 is 11.3 Å². The van der Waals surface area contributed by atoms with Crippen LogP contribution in [0.15, 0.2) is 53.6 Å². The van der Waals surface area contributed by atoms with Crippen molar-refractivity contribution in [1.82, 2.24) is 19.9 Å². The molecular formula is C33H37F2N7O4S3. The van der Waals surface area contributed by atoms with E-state index in [4.69, 9.17) is 9.97 Å². The average molecular weight is 730 g/mol. The monoisotopic (exact) mass is 729 g/mol. The van der Waals surface area contributed by atoms with Gasteiger partial charge in [0.2, 0.25) is 5.95 Å². The van der Waals surface area contributed by atoms with Gasteiger partial charge in [-0.1, -0.05) is 29.5 Å². The first kappa shape index (κ1) is 33.8. The lowest BCUT2D eigenvalue weighted by Crippen LogP contribution is -2.60. The summed E-state index contributed by atoms with van der Waals surface area (Å²) in [7, 11) is -5.34. The normalized spacial score (nSPS) is 22.0. The molecule has 4 aromatic rings. The summed E-state index contributed by atoms with van der Waals surface area (Å²) in [5, 5.41) is 4.00. The number of nitrogens with one attached hydrogen (secondary N) is 2. The average Bonchev–Trinajstić information content (AvgIpc) is 3.40. The van der Waals surface area contributed by atoms with Gasteiger partial charge in [0.05, 0.1) is 33.5 Å². The van der Waals surface area contributed by atoms with E-state index in [1.807, 2.05) is 0 Å². The number of sulfonamides is 1. The Kier molecular flexibility index (Phi) is 8.44. The number of aromatic nitrogens is 3. The molecule has 3 fully saturated rings. The van der Waals surface area contributed by atoms with Gasteiger partial charge in [0.15, 0.2) is 20.8 Å². The molecule has 0 bridgehead atoms. The fourth-order valence-electron chi connectivity index (χ4n) is 7.64. The molecule has 0 amide bonds. The maximum Gasteiger partial charge on any atom is 0.265 e. The first-order valence-corrected chi connectivity index (χ1v) is 20.1. The molecular weight excluding hydrogens is 693 g/mol. The minimum Gasteiger partial charge on any atom is -0.351 e. The zero-order valence-electron chi connectivity index (χ0n) is 27.4. The Hall–Kier alpha value is -3.73. The van der Waals surface area contributed by atoms with Gasteiger partial charge in [-0.05, 0) is 70.5 Å². The number of anilines is 3. The van der Waals surface area contributed by atoms with Crippen molar-refractivity contribution in [2.75, 3.05) is 46.6 Å². The topological polar surface area (TPSA) is 137 Å². The number of aryl methyl sites for hydroxylation is 1. The lowest BCUT2D eigenvalue weighted by Gasteiger charge is -2.53. The predicted molar refractivity (Wildman–Crippen MR) is 187 cm³/mol. The molecule has 2 aliphatic heterocycles. The lowest BCUT2D eigenvalue weighted by atomic mass is 9.67. The number of benzene rings is 2. The summed E-state index contributed by atoms with van der Waals surface area (Å²) in [5.41, 5.74) is 0.526. The molecule has 0 radical (unpaired) electrons. The summed E-state index contributed by atoms with van der Waals surface area (Å²) in [6.07, 6.45) is 3.04. The second-order valence-corrected chi connectivity index (χ2v) is 18.4. The van der Waals surface area contributed by atoms with Crippen LogP contribution in [0.2, 0.25) is 0 Å². The van der Waals surface area contributed by atoms with Crippen molar-refractivity contribution >= 4 is 48.0 Å². The molecule has 4 heterocycles. The van der Waals surface area contributed by atoms with Gasteiger partial charge < -0.3 is 15.1 Å². The van der Waals surface area contributed by atoms with E-state index >= 15 is 4.39 Å². The van der Waals surface area contributed by atoms with E-state index in [0.717, 1.165) is 32.0 Å². The molecule has 49 heavy (non-hydrogen) atoms. The van der Waals surface area contributed by atoms with Gasteiger partial charge >= 0.3 is 0 Å². The number of hydrogen-bond donors (Lipinski definition) is 2. The first-order valence-electron chi connectivity index (χ1n) is 16.0. The third-order valence-corrected chi connectivity index (χ3v) is 14.2.